The third kappa shape index (κ3) is 3.79. The molecular weight excluding hydrogens is 376 g/mol. The van der Waals surface area contributed by atoms with Crippen LogP contribution in [0, 0.1) is 13.8 Å². The van der Waals surface area contributed by atoms with Gasteiger partial charge in [-0.2, -0.15) is 0 Å². The molecule has 0 radical (unpaired) electrons. The molecule has 8 heteroatoms. The van der Waals surface area contributed by atoms with E-state index in [0.29, 0.717) is 35.0 Å². The molecule has 4 rings (SSSR count). The number of aromatic nitrogens is 2. The van der Waals surface area contributed by atoms with Crippen LogP contribution in [-0.2, 0) is 22.7 Å². The van der Waals surface area contributed by atoms with Gasteiger partial charge < -0.3 is 22.7 Å². The molecule has 4 aromatic rings. The Morgan fingerprint density at radius 1 is 1.07 bits per heavy atom. The van der Waals surface area contributed by atoms with Crippen molar-refractivity contribution in [1.29, 1.82) is 0 Å². The molecule has 29 heavy (non-hydrogen) atoms. The number of carbonyl (C=O) groups is 1. The maximum Gasteiger partial charge on any atom is 0.375 e. The van der Waals surface area contributed by atoms with Gasteiger partial charge in [-0.05, 0) is 32.9 Å². The molecule has 0 spiro atoms. The summed E-state index contributed by atoms with van der Waals surface area (Å²) in [7, 11) is 0. The summed E-state index contributed by atoms with van der Waals surface area (Å²) in [4.78, 5) is 12.6. The van der Waals surface area contributed by atoms with Gasteiger partial charge in [0.05, 0.1) is 12.2 Å². The summed E-state index contributed by atoms with van der Waals surface area (Å²) in [5, 5.41) is 8.74. The first-order valence-electron chi connectivity index (χ1n) is 9.22. The van der Waals surface area contributed by atoms with Crippen molar-refractivity contribution in [1.82, 2.24) is 10.2 Å². The van der Waals surface area contributed by atoms with E-state index in [-0.39, 0.29) is 24.9 Å². The SMILES string of the molecule is CCOCc1c(C(=O)OCc2nnc(-c3cc(C)oc3C)o2)oc2ccccc12. The quantitative estimate of drug-likeness (QED) is 0.418. The molecule has 0 aliphatic heterocycles. The number of fused-ring (bicyclic) bond motifs is 1. The average Bonchev–Trinajstić information content (AvgIpc) is 3.41. The molecule has 8 nitrogen and oxygen atoms in total. The largest absolute Gasteiger partial charge is 0.466 e. The Labute approximate surface area is 166 Å². The van der Waals surface area contributed by atoms with Crippen molar-refractivity contribution in [3.05, 3.63) is 59.1 Å². The first-order valence-corrected chi connectivity index (χ1v) is 9.22. The van der Waals surface area contributed by atoms with E-state index >= 15 is 0 Å². The van der Waals surface area contributed by atoms with E-state index in [1.807, 2.05) is 45.0 Å². The van der Waals surface area contributed by atoms with Gasteiger partial charge in [0.15, 0.2) is 6.61 Å². The third-order valence-electron chi connectivity index (χ3n) is 4.40. The van der Waals surface area contributed by atoms with Crippen LogP contribution in [0.3, 0.4) is 0 Å². The number of nitrogens with zero attached hydrogens (tertiary/aromatic N) is 2. The molecule has 3 aromatic heterocycles. The van der Waals surface area contributed by atoms with Crippen LogP contribution < -0.4 is 0 Å². The molecule has 0 aliphatic rings. The zero-order valence-corrected chi connectivity index (χ0v) is 16.4. The van der Waals surface area contributed by atoms with Crippen LogP contribution in [0.5, 0.6) is 0 Å². The number of carbonyl (C=O) groups excluding carboxylic acids is 1. The molecular formula is C21H20N2O6. The number of hydrogen-bond donors (Lipinski definition) is 0. The van der Waals surface area contributed by atoms with Crippen LogP contribution in [0.15, 0.2) is 43.6 Å². The van der Waals surface area contributed by atoms with Gasteiger partial charge >= 0.3 is 5.97 Å². The lowest BCUT2D eigenvalue weighted by molar-refractivity contribution is 0.0396. The van der Waals surface area contributed by atoms with Gasteiger partial charge in [-0.25, -0.2) is 4.79 Å². The zero-order valence-electron chi connectivity index (χ0n) is 16.4. The maximum absolute atomic E-state index is 12.6. The zero-order chi connectivity index (χ0) is 20.4. The van der Waals surface area contributed by atoms with Crippen LogP contribution in [0.2, 0.25) is 0 Å². The molecule has 0 saturated heterocycles. The second kappa shape index (κ2) is 7.92. The summed E-state index contributed by atoms with van der Waals surface area (Å²) < 4.78 is 27.6. The highest BCUT2D eigenvalue weighted by molar-refractivity contribution is 5.96. The molecule has 3 heterocycles. The van der Waals surface area contributed by atoms with Crippen molar-refractivity contribution in [3.63, 3.8) is 0 Å². The summed E-state index contributed by atoms with van der Waals surface area (Å²) in [6, 6.07) is 9.20. The molecule has 0 atom stereocenters. The third-order valence-corrected chi connectivity index (χ3v) is 4.40. The van der Waals surface area contributed by atoms with E-state index in [1.54, 1.807) is 6.07 Å². The molecule has 0 aliphatic carbocycles. The highest BCUT2D eigenvalue weighted by Gasteiger charge is 2.23. The Morgan fingerprint density at radius 3 is 2.66 bits per heavy atom. The minimum atomic E-state index is -0.619. The normalized spacial score (nSPS) is 11.3. The van der Waals surface area contributed by atoms with Crippen molar-refractivity contribution < 1.29 is 27.5 Å². The summed E-state index contributed by atoms with van der Waals surface area (Å²) in [6.45, 7) is 6.13. The van der Waals surface area contributed by atoms with Crippen molar-refractivity contribution in [2.45, 2.75) is 34.0 Å². The number of benzene rings is 1. The predicted octanol–water partition coefficient (Wildman–Crippen LogP) is 4.59. The topological polar surface area (TPSA) is 101 Å². The van der Waals surface area contributed by atoms with Crippen molar-refractivity contribution >= 4 is 16.9 Å². The first kappa shape index (κ1) is 18.9. The second-order valence-electron chi connectivity index (χ2n) is 6.45. The Morgan fingerprint density at radius 2 is 1.90 bits per heavy atom. The van der Waals surface area contributed by atoms with Gasteiger partial charge in [0.2, 0.25) is 5.76 Å². The number of rotatable bonds is 7. The Balaban J connectivity index is 1.51. The monoisotopic (exact) mass is 396 g/mol. The van der Waals surface area contributed by atoms with Gasteiger partial charge in [-0.15, -0.1) is 10.2 Å². The summed E-state index contributed by atoms with van der Waals surface area (Å²) in [5.74, 6) is 1.40. The number of esters is 1. The van der Waals surface area contributed by atoms with E-state index in [2.05, 4.69) is 10.2 Å². The minimum Gasteiger partial charge on any atom is -0.466 e. The highest BCUT2D eigenvalue weighted by atomic mass is 16.6. The predicted molar refractivity (Wildman–Crippen MR) is 102 cm³/mol. The Bertz CT molecular complexity index is 1150. The standard InChI is InChI=1S/C21H20N2O6/c1-4-25-10-16-14-7-5-6-8-17(14)28-19(16)21(24)26-11-18-22-23-20(29-18)15-9-12(2)27-13(15)3/h5-9H,4,10-11H2,1-3H3. The molecule has 0 bridgehead atoms. The summed E-state index contributed by atoms with van der Waals surface area (Å²) >= 11 is 0. The lowest BCUT2D eigenvalue weighted by Gasteiger charge is -2.03. The minimum absolute atomic E-state index is 0.112. The van der Waals surface area contributed by atoms with Gasteiger partial charge in [-0.3, -0.25) is 0 Å². The molecule has 150 valence electrons. The van der Waals surface area contributed by atoms with E-state index < -0.39 is 5.97 Å². The van der Waals surface area contributed by atoms with Gasteiger partial charge in [0.25, 0.3) is 11.8 Å². The van der Waals surface area contributed by atoms with Crippen molar-refractivity contribution in [2.75, 3.05) is 6.61 Å². The van der Waals surface area contributed by atoms with Crippen LogP contribution in [0.1, 0.15) is 40.5 Å². The number of furan rings is 2. The Kier molecular flexibility index (Phi) is 5.18. The van der Waals surface area contributed by atoms with E-state index in [0.717, 1.165) is 11.1 Å². The molecule has 0 amide bonds. The smallest absolute Gasteiger partial charge is 0.375 e. The lowest BCUT2D eigenvalue weighted by Crippen LogP contribution is -2.08. The second-order valence-corrected chi connectivity index (χ2v) is 6.45. The van der Waals surface area contributed by atoms with Crippen LogP contribution in [0.25, 0.3) is 22.4 Å². The van der Waals surface area contributed by atoms with E-state index in [1.165, 1.54) is 0 Å². The van der Waals surface area contributed by atoms with Gasteiger partial charge in [0, 0.05) is 17.6 Å². The fraction of sp³-hybridized carbons (Fsp3) is 0.286. The van der Waals surface area contributed by atoms with Crippen LogP contribution in [-0.4, -0.2) is 22.8 Å². The van der Waals surface area contributed by atoms with Gasteiger partial charge in [0.1, 0.15) is 17.1 Å². The first-order chi connectivity index (χ1) is 14.1. The number of ether oxygens (including phenoxy) is 2. The summed E-state index contributed by atoms with van der Waals surface area (Å²) in [5.41, 5.74) is 1.96. The lowest BCUT2D eigenvalue weighted by atomic mass is 10.1. The number of hydrogen-bond acceptors (Lipinski definition) is 8. The highest BCUT2D eigenvalue weighted by Crippen LogP contribution is 2.28. The number of aryl methyl sites for hydroxylation is 2. The molecule has 0 saturated carbocycles. The van der Waals surface area contributed by atoms with E-state index in [9.17, 15) is 4.79 Å². The van der Waals surface area contributed by atoms with Crippen LogP contribution >= 0.6 is 0 Å². The maximum atomic E-state index is 12.6. The molecule has 1 aromatic carbocycles. The average molecular weight is 396 g/mol. The van der Waals surface area contributed by atoms with Crippen molar-refractivity contribution in [3.8, 4) is 11.5 Å². The fourth-order valence-corrected chi connectivity index (χ4v) is 3.07. The molecule has 0 N–H and O–H groups in total. The Hall–Kier alpha value is -3.39. The van der Waals surface area contributed by atoms with Crippen LogP contribution in [0.4, 0.5) is 0 Å². The molecule has 0 unspecified atom stereocenters. The summed E-state index contributed by atoms with van der Waals surface area (Å²) in [6.07, 6.45) is 0. The van der Waals surface area contributed by atoms with E-state index in [4.69, 9.17) is 22.7 Å². The number of para-hydroxylation sites is 1. The van der Waals surface area contributed by atoms with Gasteiger partial charge in [-0.1, -0.05) is 18.2 Å². The van der Waals surface area contributed by atoms with Crippen molar-refractivity contribution in [2.24, 2.45) is 0 Å². The fourth-order valence-electron chi connectivity index (χ4n) is 3.07. The molecule has 0 fully saturated rings.